The van der Waals surface area contributed by atoms with Gasteiger partial charge in [-0.15, -0.1) is 17.9 Å². The monoisotopic (exact) mass is 406 g/mol. The molecule has 3 rings (SSSR count). The smallest absolute Gasteiger partial charge is 0.263 e. The Kier molecular flexibility index (Phi) is 6.40. The Bertz CT molecular complexity index is 964. The number of rotatable bonds is 8. The van der Waals surface area contributed by atoms with E-state index in [0.29, 0.717) is 34.5 Å². The molecule has 0 radical (unpaired) electrons. The van der Waals surface area contributed by atoms with Crippen molar-refractivity contribution in [3.63, 3.8) is 0 Å². The zero-order valence-corrected chi connectivity index (χ0v) is 16.8. The van der Waals surface area contributed by atoms with Crippen molar-refractivity contribution < 1.29 is 4.74 Å². The van der Waals surface area contributed by atoms with Crippen LogP contribution in [0.1, 0.15) is 11.8 Å². The molecule has 0 spiro atoms. The standard InChI is InChI=1S/C19H19ClN2O2S2/c1-3-9-22-18(23)16-12-15(4-2)26-17(16)21-19(22)25-11-10-24-14-7-5-13(20)6-8-14/h3,5-8,12H,1,4,9-11H2,2H3. The second-order valence-corrected chi connectivity index (χ2v) is 8.15. The fourth-order valence-electron chi connectivity index (χ4n) is 2.44. The fourth-order valence-corrected chi connectivity index (χ4v) is 4.40. The molecule has 0 saturated carbocycles. The molecule has 0 aliphatic rings. The van der Waals surface area contributed by atoms with E-state index in [-0.39, 0.29) is 5.56 Å². The summed E-state index contributed by atoms with van der Waals surface area (Å²) < 4.78 is 7.38. The molecule has 0 aliphatic carbocycles. The van der Waals surface area contributed by atoms with Gasteiger partial charge in [0.2, 0.25) is 0 Å². The van der Waals surface area contributed by atoms with Crippen LogP contribution in [0, 0.1) is 0 Å². The van der Waals surface area contributed by atoms with Gasteiger partial charge in [0.1, 0.15) is 10.6 Å². The van der Waals surface area contributed by atoms with E-state index in [1.165, 1.54) is 16.6 Å². The third-order valence-electron chi connectivity index (χ3n) is 3.72. The van der Waals surface area contributed by atoms with E-state index in [0.717, 1.165) is 17.0 Å². The van der Waals surface area contributed by atoms with Gasteiger partial charge in [-0.1, -0.05) is 36.4 Å². The van der Waals surface area contributed by atoms with Gasteiger partial charge < -0.3 is 4.74 Å². The van der Waals surface area contributed by atoms with Crippen LogP contribution in [0.4, 0.5) is 0 Å². The average molecular weight is 407 g/mol. The second-order valence-electron chi connectivity index (χ2n) is 5.53. The lowest BCUT2D eigenvalue weighted by Crippen LogP contribution is -2.22. The molecule has 7 heteroatoms. The summed E-state index contributed by atoms with van der Waals surface area (Å²) in [5, 5.41) is 2.07. The highest BCUT2D eigenvalue weighted by Gasteiger charge is 2.13. The van der Waals surface area contributed by atoms with Gasteiger partial charge in [-0.25, -0.2) is 4.98 Å². The SMILES string of the molecule is C=CCn1c(SCCOc2ccc(Cl)cc2)nc2sc(CC)cc2c1=O. The molecular formula is C19H19ClN2O2S2. The van der Waals surface area contributed by atoms with E-state index in [1.54, 1.807) is 34.1 Å². The first-order chi connectivity index (χ1) is 12.6. The number of allylic oxidation sites excluding steroid dienone is 1. The first-order valence-electron chi connectivity index (χ1n) is 8.27. The topological polar surface area (TPSA) is 44.1 Å². The molecule has 136 valence electrons. The highest BCUT2D eigenvalue weighted by Crippen LogP contribution is 2.25. The quantitative estimate of drug-likeness (QED) is 0.228. The van der Waals surface area contributed by atoms with E-state index in [2.05, 4.69) is 13.5 Å². The molecule has 0 bridgehead atoms. The molecule has 2 aromatic heterocycles. The zero-order valence-electron chi connectivity index (χ0n) is 14.4. The number of benzene rings is 1. The van der Waals surface area contributed by atoms with Crippen LogP contribution < -0.4 is 10.3 Å². The number of thioether (sulfide) groups is 1. The van der Waals surface area contributed by atoms with E-state index in [4.69, 9.17) is 21.3 Å². The summed E-state index contributed by atoms with van der Waals surface area (Å²) in [5.41, 5.74) is -0.00744. The Hall–Kier alpha value is -1.76. The Balaban J connectivity index is 1.75. The maximum atomic E-state index is 12.8. The van der Waals surface area contributed by atoms with Crippen molar-refractivity contribution in [2.45, 2.75) is 25.0 Å². The second kappa shape index (κ2) is 8.75. The molecular weight excluding hydrogens is 388 g/mol. The van der Waals surface area contributed by atoms with Crippen molar-refractivity contribution in [2.24, 2.45) is 0 Å². The fraction of sp³-hybridized carbons (Fsp3) is 0.263. The van der Waals surface area contributed by atoms with Gasteiger partial charge >= 0.3 is 0 Å². The summed E-state index contributed by atoms with van der Waals surface area (Å²) >= 11 is 8.96. The van der Waals surface area contributed by atoms with E-state index < -0.39 is 0 Å². The number of hydrogen-bond donors (Lipinski definition) is 0. The molecule has 0 amide bonds. The Morgan fingerprint density at radius 2 is 2.15 bits per heavy atom. The third kappa shape index (κ3) is 4.31. The van der Waals surface area contributed by atoms with Crippen molar-refractivity contribution in [1.82, 2.24) is 9.55 Å². The first kappa shape index (κ1) is 19.0. The van der Waals surface area contributed by atoms with Crippen LogP contribution in [0.2, 0.25) is 5.02 Å². The molecule has 26 heavy (non-hydrogen) atoms. The number of thiophene rings is 1. The predicted octanol–water partition coefficient (Wildman–Crippen LogP) is 5.03. The van der Waals surface area contributed by atoms with E-state index >= 15 is 0 Å². The van der Waals surface area contributed by atoms with Gasteiger partial charge in [0.15, 0.2) is 5.16 Å². The van der Waals surface area contributed by atoms with Crippen molar-refractivity contribution >= 4 is 44.9 Å². The molecule has 1 aromatic carbocycles. The lowest BCUT2D eigenvalue weighted by atomic mass is 10.3. The van der Waals surface area contributed by atoms with Gasteiger partial charge in [0, 0.05) is 22.2 Å². The molecule has 2 heterocycles. The Morgan fingerprint density at radius 1 is 1.38 bits per heavy atom. The van der Waals surface area contributed by atoms with Gasteiger partial charge in [0.05, 0.1) is 12.0 Å². The molecule has 4 nitrogen and oxygen atoms in total. The van der Waals surface area contributed by atoms with Crippen LogP contribution in [0.25, 0.3) is 10.2 Å². The number of aryl methyl sites for hydroxylation is 1. The summed E-state index contributed by atoms with van der Waals surface area (Å²) in [5.74, 6) is 1.46. The zero-order chi connectivity index (χ0) is 18.5. The molecule has 3 aromatic rings. The number of halogens is 1. The van der Waals surface area contributed by atoms with Gasteiger partial charge in [0.25, 0.3) is 5.56 Å². The van der Waals surface area contributed by atoms with Crippen molar-refractivity contribution in [3.05, 3.63) is 63.2 Å². The van der Waals surface area contributed by atoms with Gasteiger partial charge in [-0.2, -0.15) is 0 Å². The summed E-state index contributed by atoms with van der Waals surface area (Å²) in [6, 6.07) is 9.21. The predicted molar refractivity (Wildman–Crippen MR) is 111 cm³/mol. The van der Waals surface area contributed by atoms with Crippen molar-refractivity contribution in [3.8, 4) is 5.75 Å². The van der Waals surface area contributed by atoms with Crippen LogP contribution in [0.15, 0.2) is 52.9 Å². The van der Waals surface area contributed by atoms with Crippen LogP contribution in [-0.2, 0) is 13.0 Å². The molecule has 0 fully saturated rings. The molecule has 0 aliphatic heterocycles. The summed E-state index contributed by atoms with van der Waals surface area (Å²) in [6.45, 7) is 6.79. The summed E-state index contributed by atoms with van der Waals surface area (Å²) in [6.07, 6.45) is 2.62. The highest BCUT2D eigenvalue weighted by molar-refractivity contribution is 7.99. The van der Waals surface area contributed by atoms with Crippen molar-refractivity contribution in [2.75, 3.05) is 12.4 Å². The van der Waals surface area contributed by atoms with Gasteiger partial charge in [-0.05, 0) is 36.8 Å². The van der Waals surface area contributed by atoms with E-state index in [9.17, 15) is 4.79 Å². The molecule has 0 unspecified atom stereocenters. The summed E-state index contributed by atoms with van der Waals surface area (Å²) in [7, 11) is 0. The van der Waals surface area contributed by atoms with Crippen molar-refractivity contribution in [1.29, 1.82) is 0 Å². The number of nitrogens with zero attached hydrogens (tertiary/aromatic N) is 2. The lowest BCUT2D eigenvalue weighted by molar-refractivity contribution is 0.344. The van der Waals surface area contributed by atoms with Crippen LogP contribution in [-0.4, -0.2) is 21.9 Å². The molecule has 0 N–H and O–H groups in total. The normalized spacial score (nSPS) is 11.0. The van der Waals surface area contributed by atoms with Gasteiger partial charge in [-0.3, -0.25) is 9.36 Å². The summed E-state index contributed by atoms with van der Waals surface area (Å²) in [4.78, 5) is 19.5. The number of aromatic nitrogens is 2. The van der Waals surface area contributed by atoms with Crippen LogP contribution in [0.3, 0.4) is 0 Å². The van der Waals surface area contributed by atoms with E-state index in [1.807, 2.05) is 18.2 Å². The minimum absolute atomic E-state index is 0.00744. The number of hydrogen-bond acceptors (Lipinski definition) is 5. The average Bonchev–Trinajstić information content (AvgIpc) is 3.07. The number of fused-ring (bicyclic) bond motifs is 1. The third-order valence-corrected chi connectivity index (χ3v) is 6.09. The number of ether oxygens (including phenoxy) is 1. The minimum atomic E-state index is -0.00744. The van der Waals surface area contributed by atoms with Crippen LogP contribution >= 0.6 is 34.7 Å². The Morgan fingerprint density at radius 3 is 2.85 bits per heavy atom. The maximum absolute atomic E-state index is 12.8. The highest BCUT2D eigenvalue weighted by atomic mass is 35.5. The minimum Gasteiger partial charge on any atom is -0.493 e. The molecule has 0 atom stereocenters. The largest absolute Gasteiger partial charge is 0.493 e. The lowest BCUT2D eigenvalue weighted by Gasteiger charge is -2.10. The maximum Gasteiger partial charge on any atom is 0.263 e. The Labute approximate surface area is 165 Å². The molecule has 0 saturated heterocycles. The van der Waals surface area contributed by atoms with Crippen LogP contribution in [0.5, 0.6) is 5.75 Å². The first-order valence-corrected chi connectivity index (χ1v) is 10.5.